The average Bonchev–Trinajstić information content (AvgIpc) is 2.86. The van der Waals surface area contributed by atoms with Gasteiger partial charge in [0.1, 0.15) is 5.82 Å². The summed E-state index contributed by atoms with van der Waals surface area (Å²) in [5, 5.41) is 0.621. The van der Waals surface area contributed by atoms with Gasteiger partial charge in [-0.1, -0.05) is 35.9 Å². The number of amides is 1. The topological polar surface area (TPSA) is 93.3 Å². The molecule has 1 atom stereocenters. The number of ether oxygens (including phenoxy) is 2. The molecule has 3 aliphatic rings. The van der Waals surface area contributed by atoms with Crippen molar-refractivity contribution in [3.8, 4) is 0 Å². The van der Waals surface area contributed by atoms with E-state index < -0.39 is 5.54 Å². The van der Waals surface area contributed by atoms with Crippen molar-refractivity contribution in [3.05, 3.63) is 58.2 Å². The third-order valence-corrected chi connectivity index (χ3v) is 7.57. The summed E-state index contributed by atoms with van der Waals surface area (Å²) in [4.78, 5) is 26.6. The Morgan fingerprint density at radius 1 is 1.11 bits per heavy atom. The lowest BCUT2D eigenvalue weighted by Crippen LogP contribution is -2.55. The summed E-state index contributed by atoms with van der Waals surface area (Å²) in [6.45, 7) is 6.37. The van der Waals surface area contributed by atoms with Crippen LogP contribution in [0.4, 0.5) is 5.82 Å². The van der Waals surface area contributed by atoms with Gasteiger partial charge in [-0.25, -0.2) is 9.98 Å². The van der Waals surface area contributed by atoms with Gasteiger partial charge in [0.05, 0.1) is 25.2 Å². The monoisotopic (exact) mass is 497 g/mol. The fourth-order valence-electron chi connectivity index (χ4n) is 5.20. The number of hydrogen-bond donors (Lipinski definition) is 1. The number of rotatable bonds is 5. The lowest BCUT2D eigenvalue weighted by Gasteiger charge is -2.40. The number of nitrogens with zero attached hydrogens (tertiary/aromatic N) is 4. The Labute approximate surface area is 211 Å². The molecule has 186 valence electrons. The van der Waals surface area contributed by atoms with Crippen LogP contribution >= 0.6 is 11.6 Å². The maximum Gasteiger partial charge on any atom is 0.232 e. The molecule has 0 aliphatic carbocycles. The summed E-state index contributed by atoms with van der Waals surface area (Å²) < 4.78 is 10.9. The van der Waals surface area contributed by atoms with Crippen molar-refractivity contribution in [2.24, 2.45) is 10.7 Å². The van der Waals surface area contributed by atoms with Crippen LogP contribution in [0.2, 0.25) is 5.02 Å². The van der Waals surface area contributed by atoms with E-state index in [4.69, 9.17) is 31.8 Å². The molecule has 2 saturated heterocycles. The van der Waals surface area contributed by atoms with Gasteiger partial charge in [-0.15, -0.1) is 0 Å². The molecule has 4 heterocycles. The Morgan fingerprint density at radius 3 is 2.54 bits per heavy atom. The first-order valence-electron chi connectivity index (χ1n) is 12.3. The van der Waals surface area contributed by atoms with Crippen molar-refractivity contribution < 1.29 is 14.3 Å². The van der Waals surface area contributed by atoms with Gasteiger partial charge in [0.2, 0.25) is 5.91 Å². The van der Waals surface area contributed by atoms with E-state index in [1.54, 1.807) is 4.90 Å². The second-order valence-corrected chi connectivity index (χ2v) is 9.99. The van der Waals surface area contributed by atoms with Gasteiger partial charge in [-0.3, -0.25) is 9.69 Å². The molecule has 2 N–H and O–H groups in total. The number of guanidine groups is 1. The minimum Gasteiger partial charge on any atom is -0.381 e. The predicted octanol–water partition coefficient (Wildman–Crippen LogP) is 3.10. The number of aromatic nitrogens is 1. The Morgan fingerprint density at radius 2 is 1.86 bits per heavy atom. The molecule has 2 aromatic rings. The predicted molar refractivity (Wildman–Crippen MR) is 136 cm³/mol. The van der Waals surface area contributed by atoms with Gasteiger partial charge in [-0.2, -0.15) is 0 Å². The Balaban J connectivity index is 1.36. The number of carbonyl (C=O) groups is 1. The summed E-state index contributed by atoms with van der Waals surface area (Å²) >= 11 is 6.92. The summed E-state index contributed by atoms with van der Waals surface area (Å²) in [5.41, 5.74) is 8.40. The molecule has 0 bridgehead atoms. The van der Waals surface area contributed by atoms with Crippen LogP contribution in [0.5, 0.6) is 0 Å². The lowest BCUT2D eigenvalue weighted by atomic mass is 9.85. The SMILES string of the molecule is C[C@@]1(c2cccc(Cc3ccc(N4CCOCC4)nc3)c2Cl)CC(=O)N(C2CCOCC2)C(N)=N1. The normalized spacial score (nSPS) is 23.9. The molecule has 0 saturated carbocycles. The minimum atomic E-state index is -0.811. The first-order chi connectivity index (χ1) is 16.9. The van der Waals surface area contributed by atoms with Crippen LogP contribution in [0, 0.1) is 0 Å². The van der Waals surface area contributed by atoms with Crippen LogP contribution < -0.4 is 10.6 Å². The maximum atomic E-state index is 13.2. The number of pyridine rings is 1. The molecule has 1 aromatic carbocycles. The molecule has 2 fully saturated rings. The molecule has 0 unspecified atom stereocenters. The molecule has 1 amide bonds. The van der Waals surface area contributed by atoms with E-state index in [-0.39, 0.29) is 24.3 Å². The Hall–Kier alpha value is -2.68. The van der Waals surface area contributed by atoms with E-state index >= 15 is 0 Å². The van der Waals surface area contributed by atoms with Gasteiger partial charge < -0.3 is 20.1 Å². The molecular formula is C26H32ClN5O3. The molecule has 3 aliphatic heterocycles. The van der Waals surface area contributed by atoms with Crippen LogP contribution in [0.25, 0.3) is 0 Å². The molecule has 5 rings (SSSR count). The molecule has 35 heavy (non-hydrogen) atoms. The molecule has 8 nitrogen and oxygen atoms in total. The third-order valence-electron chi connectivity index (χ3n) is 7.13. The van der Waals surface area contributed by atoms with Crippen molar-refractivity contribution in [1.82, 2.24) is 9.88 Å². The number of hydrogen-bond acceptors (Lipinski definition) is 7. The number of anilines is 1. The van der Waals surface area contributed by atoms with Crippen LogP contribution in [0.3, 0.4) is 0 Å². The molecule has 0 radical (unpaired) electrons. The number of morpholine rings is 1. The van der Waals surface area contributed by atoms with Crippen molar-refractivity contribution in [3.63, 3.8) is 0 Å². The second-order valence-electron chi connectivity index (χ2n) is 9.61. The third kappa shape index (κ3) is 5.01. The van der Waals surface area contributed by atoms with Crippen molar-refractivity contribution in [2.45, 2.75) is 44.2 Å². The van der Waals surface area contributed by atoms with Crippen molar-refractivity contribution in [2.75, 3.05) is 44.4 Å². The summed E-state index contributed by atoms with van der Waals surface area (Å²) in [5.74, 6) is 1.21. The largest absolute Gasteiger partial charge is 0.381 e. The highest BCUT2D eigenvalue weighted by Crippen LogP contribution is 2.40. The van der Waals surface area contributed by atoms with Crippen LogP contribution in [-0.4, -0.2) is 67.3 Å². The zero-order valence-corrected chi connectivity index (χ0v) is 20.8. The Bertz CT molecular complexity index is 1100. The van der Waals surface area contributed by atoms with Crippen LogP contribution in [-0.2, 0) is 26.2 Å². The van der Waals surface area contributed by atoms with Crippen LogP contribution in [0.15, 0.2) is 41.5 Å². The maximum absolute atomic E-state index is 13.2. The fraction of sp³-hybridized carbons (Fsp3) is 0.500. The highest BCUT2D eigenvalue weighted by atomic mass is 35.5. The summed E-state index contributed by atoms with van der Waals surface area (Å²) in [6.07, 6.45) is 4.31. The van der Waals surface area contributed by atoms with E-state index in [0.29, 0.717) is 24.7 Å². The van der Waals surface area contributed by atoms with E-state index in [1.165, 1.54) is 0 Å². The molecule has 9 heteroatoms. The average molecular weight is 498 g/mol. The number of benzene rings is 1. The quantitative estimate of drug-likeness (QED) is 0.682. The number of aliphatic imine (C=N–C) groups is 1. The van der Waals surface area contributed by atoms with Crippen molar-refractivity contribution >= 4 is 29.3 Å². The minimum absolute atomic E-state index is 0.0173. The zero-order valence-electron chi connectivity index (χ0n) is 20.1. The number of nitrogens with two attached hydrogens (primary N) is 1. The van der Waals surface area contributed by atoms with E-state index in [0.717, 1.165) is 61.7 Å². The van der Waals surface area contributed by atoms with Crippen molar-refractivity contribution in [1.29, 1.82) is 0 Å². The highest BCUT2D eigenvalue weighted by molar-refractivity contribution is 6.32. The number of halogens is 1. The number of carbonyl (C=O) groups excluding carboxylic acids is 1. The molecule has 0 spiro atoms. The first-order valence-corrected chi connectivity index (χ1v) is 12.6. The van der Waals surface area contributed by atoms with Gasteiger partial charge in [-0.05, 0) is 42.5 Å². The molecule has 1 aromatic heterocycles. The first kappa shape index (κ1) is 24.0. The van der Waals surface area contributed by atoms with Gasteiger partial charge >= 0.3 is 0 Å². The highest BCUT2D eigenvalue weighted by Gasteiger charge is 2.41. The van der Waals surface area contributed by atoms with Gasteiger partial charge in [0, 0.05) is 50.0 Å². The van der Waals surface area contributed by atoms with E-state index in [9.17, 15) is 4.79 Å². The van der Waals surface area contributed by atoms with E-state index in [1.807, 2.05) is 31.3 Å². The smallest absolute Gasteiger partial charge is 0.232 e. The van der Waals surface area contributed by atoms with Gasteiger partial charge in [0.15, 0.2) is 5.96 Å². The zero-order chi connectivity index (χ0) is 24.4. The summed E-state index contributed by atoms with van der Waals surface area (Å²) in [6, 6.07) is 10.1. The van der Waals surface area contributed by atoms with Gasteiger partial charge in [0.25, 0.3) is 0 Å². The standard InChI is InChI=1S/C26H32ClN5O3/c1-26(16-23(33)32(25(28)30-26)20-7-11-34-12-8-20)21-4-2-3-19(24(21)27)15-18-5-6-22(29-17-18)31-9-13-35-14-10-31/h2-6,17,20H,7-16H2,1H3,(H2,28,30)/t26-/m0/s1. The lowest BCUT2D eigenvalue weighted by molar-refractivity contribution is -0.132. The summed E-state index contributed by atoms with van der Waals surface area (Å²) in [7, 11) is 0. The van der Waals surface area contributed by atoms with E-state index in [2.05, 4.69) is 22.0 Å². The van der Waals surface area contributed by atoms with Crippen LogP contribution in [0.1, 0.15) is 42.9 Å². The fourth-order valence-corrected chi connectivity index (χ4v) is 5.59. The second kappa shape index (κ2) is 10.1. The molecular weight excluding hydrogens is 466 g/mol. The Kier molecular flexibility index (Phi) is 6.95.